The summed E-state index contributed by atoms with van der Waals surface area (Å²) in [6, 6.07) is 93.0. The molecule has 0 amide bonds. The van der Waals surface area contributed by atoms with Crippen molar-refractivity contribution in [2.45, 2.75) is 222 Å². The predicted octanol–water partition coefficient (Wildman–Crippen LogP) is 29.5. The Morgan fingerprint density at radius 3 is 0.536 bits per heavy atom. The van der Waals surface area contributed by atoms with Crippen LogP contribution in [0.2, 0.25) is 0 Å². The molecule has 0 saturated heterocycles. The van der Waals surface area contributed by atoms with Gasteiger partial charge >= 0.3 is 0 Å². The second-order valence-electron chi connectivity index (χ2n) is 29.9. The Morgan fingerprint density at radius 1 is 0.155 bits per heavy atom. The molecule has 0 aliphatic carbocycles. The lowest BCUT2D eigenvalue weighted by molar-refractivity contribution is 0.605. The maximum atomic E-state index is 14.3. The first-order valence-corrected chi connectivity index (χ1v) is 41.6. The molecule has 12 aromatic rings. The van der Waals surface area contributed by atoms with E-state index in [1.807, 2.05) is 24.3 Å². The van der Waals surface area contributed by atoms with Gasteiger partial charge in [0, 0.05) is 0 Å². The van der Waals surface area contributed by atoms with Gasteiger partial charge < -0.3 is 0 Å². The minimum atomic E-state index is -0.0661. The van der Waals surface area contributed by atoms with Gasteiger partial charge in [-0.05, 0) is 273 Å². The monoisotopic (exact) mass is 1470 g/mol. The predicted molar refractivity (Wildman–Crippen MR) is 464 cm³/mol. The first-order valence-electron chi connectivity index (χ1n) is 41.6. The summed E-state index contributed by atoms with van der Waals surface area (Å²) < 4.78 is 57.0. The summed E-state index contributed by atoms with van der Waals surface area (Å²) in [4.78, 5) is 0. The van der Waals surface area contributed by atoms with Crippen molar-refractivity contribution in [3.63, 3.8) is 0 Å². The van der Waals surface area contributed by atoms with Gasteiger partial charge in [-0.15, -0.1) is 0 Å². The number of hydrogen-bond donors (Lipinski definition) is 0. The van der Waals surface area contributed by atoms with Crippen LogP contribution in [0.15, 0.2) is 267 Å². The molecular weight excluding hydrogens is 1350 g/mol. The Morgan fingerprint density at radius 2 is 0.336 bits per heavy atom. The molecule has 572 valence electrons. The van der Waals surface area contributed by atoms with Crippen LogP contribution in [0.25, 0.3) is 44.5 Å². The molecule has 0 spiro atoms. The number of hydrogen-bond acceptors (Lipinski definition) is 0. The molecule has 12 rings (SSSR count). The van der Waals surface area contributed by atoms with Crippen molar-refractivity contribution in [1.29, 1.82) is 0 Å². The third-order valence-corrected chi connectivity index (χ3v) is 21.2. The van der Waals surface area contributed by atoms with Gasteiger partial charge in [-0.1, -0.05) is 349 Å². The van der Waals surface area contributed by atoms with Gasteiger partial charge in [0.25, 0.3) is 0 Å². The molecule has 0 fully saturated rings. The molecule has 0 nitrogen and oxygen atoms in total. The van der Waals surface area contributed by atoms with Gasteiger partial charge in [-0.2, -0.15) is 0 Å². The van der Waals surface area contributed by atoms with E-state index in [0.717, 1.165) is 167 Å². The lowest BCUT2D eigenvalue weighted by Gasteiger charge is -2.08. The number of benzene rings is 12. The molecule has 0 aliphatic heterocycles. The zero-order valence-electron chi connectivity index (χ0n) is 67.3. The number of rotatable bonds is 34. The summed E-state index contributed by atoms with van der Waals surface area (Å²) in [5, 5.41) is 0. The topological polar surface area (TPSA) is 0 Å². The standard InChI is InChI=1S/C28H33F.C27H31F.C26H29F.C25H27F/c1-3-5-6-8-22-9-15-25(16-10-22)26-17-11-23(12-18-26)13-19-27-20-14-24(7-4-2)21-28(27)29;1-3-5-7-21-8-14-24(15-9-21)25-16-10-22(11-17-25)12-18-26-19-13-23(6-4-2)20-27(26)28;1-3-5-20-7-13-23(14-8-20)24-15-9-21(10-16-24)11-17-25-18-12-22(6-4-2)19-26(25)27;1-3-5-21-11-17-24(25(26)18-21)16-10-20-8-14-23(15-9-20)22-12-6-19(4-2)7-13-22/h9-12,14-18,20-21H,3-8,13,19H2,1-2H3;8-11,13-17,19-20H,3-7,12,18H2,1-2H3;7-10,12-16,18-19H,3-6,11,17H2,1-2H3;6-9,11-15,17-18H,3-5,10,16H2,1-2H3. The zero-order chi connectivity index (χ0) is 77.7. The highest BCUT2D eigenvalue weighted by Crippen LogP contribution is 2.28. The Hall–Kier alpha value is -9.64. The molecule has 0 aromatic heterocycles. The van der Waals surface area contributed by atoms with E-state index in [1.165, 1.54) is 134 Å². The zero-order valence-corrected chi connectivity index (χ0v) is 67.3. The first kappa shape index (κ1) is 84.4. The van der Waals surface area contributed by atoms with Crippen molar-refractivity contribution >= 4 is 0 Å². The van der Waals surface area contributed by atoms with E-state index in [2.05, 4.69) is 274 Å². The highest BCUT2D eigenvalue weighted by Gasteiger charge is 2.12. The van der Waals surface area contributed by atoms with Crippen LogP contribution in [0.1, 0.15) is 209 Å². The van der Waals surface area contributed by atoms with Gasteiger partial charge in [0.1, 0.15) is 23.3 Å². The van der Waals surface area contributed by atoms with Crippen LogP contribution in [-0.4, -0.2) is 0 Å². The third kappa shape index (κ3) is 27.4. The molecule has 0 radical (unpaired) electrons. The van der Waals surface area contributed by atoms with Gasteiger partial charge in [0.2, 0.25) is 0 Å². The van der Waals surface area contributed by atoms with E-state index < -0.39 is 0 Å². The van der Waals surface area contributed by atoms with Gasteiger partial charge in [-0.3, -0.25) is 0 Å². The van der Waals surface area contributed by atoms with Gasteiger partial charge in [-0.25, -0.2) is 17.6 Å². The van der Waals surface area contributed by atoms with Crippen LogP contribution >= 0.6 is 0 Å². The second kappa shape index (κ2) is 46.1. The molecule has 4 heteroatoms. The Bertz CT molecular complexity index is 4600. The van der Waals surface area contributed by atoms with E-state index in [9.17, 15) is 17.6 Å². The van der Waals surface area contributed by atoms with E-state index in [-0.39, 0.29) is 23.3 Å². The van der Waals surface area contributed by atoms with E-state index >= 15 is 0 Å². The van der Waals surface area contributed by atoms with Crippen LogP contribution < -0.4 is 0 Å². The normalized spacial score (nSPS) is 10.9. The summed E-state index contributed by atoms with van der Waals surface area (Å²) in [7, 11) is 0. The summed E-state index contributed by atoms with van der Waals surface area (Å²) in [5.74, 6) is -0.259. The fraction of sp³-hybridized carbons (Fsp3) is 0.321. The van der Waals surface area contributed by atoms with Crippen molar-refractivity contribution in [2.24, 2.45) is 0 Å². The molecule has 0 saturated carbocycles. The average Bonchev–Trinajstić information content (AvgIpc) is 0.863. The second-order valence-corrected chi connectivity index (χ2v) is 29.9. The molecule has 110 heavy (non-hydrogen) atoms. The van der Waals surface area contributed by atoms with Crippen molar-refractivity contribution in [3.8, 4) is 44.5 Å². The van der Waals surface area contributed by atoms with Crippen molar-refractivity contribution in [1.82, 2.24) is 0 Å². The Kier molecular flexibility index (Phi) is 35.4. The molecule has 12 aromatic carbocycles. The number of aryl methyl sites for hydroxylation is 16. The van der Waals surface area contributed by atoms with Crippen molar-refractivity contribution < 1.29 is 17.6 Å². The fourth-order valence-corrected chi connectivity index (χ4v) is 14.3. The fourth-order valence-electron chi connectivity index (χ4n) is 14.3. The number of halogens is 4. The maximum absolute atomic E-state index is 14.3. The van der Waals surface area contributed by atoms with Crippen LogP contribution in [-0.2, 0) is 103 Å². The molecule has 0 atom stereocenters. The van der Waals surface area contributed by atoms with Crippen LogP contribution in [0.5, 0.6) is 0 Å². The molecule has 0 unspecified atom stereocenters. The average molecular weight is 1470 g/mol. The van der Waals surface area contributed by atoms with E-state index in [1.54, 1.807) is 24.3 Å². The highest BCUT2D eigenvalue weighted by atomic mass is 19.1. The summed E-state index contributed by atoms with van der Waals surface area (Å²) in [6.45, 7) is 17.3. The molecule has 0 aliphatic rings. The van der Waals surface area contributed by atoms with Gasteiger partial charge in [0.15, 0.2) is 0 Å². The maximum Gasteiger partial charge on any atom is 0.126 e. The van der Waals surface area contributed by atoms with Gasteiger partial charge in [0.05, 0.1) is 0 Å². The lowest BCUT2D eigenvalue weighted by atomic mass is 9.98. The Balaban J connectivity index is 0.000000169. The van der Waals surface area contributed by atoms with E-state index in [4.69, 9.17) is 0 Å². The molecule has 0 N–H and O–H groups in total. The van der Waals surface area contributed by atoms with Crippen molar-refractivity contribution in [2.75, 3.05) is 0 Å². The largest absolute Gasteiger partial charge is 0.207 e. The first-order chi connectivity index (χ1) is 53.8. The van der Waals surface area contributed by atoms with E-state index in [0.29, 0.717) is 0 Å². The minimum Gasteiger partial charge on any atom is -0.207 e. The van der Waals surface area contributed by atoms with Crippen molar-refractivity contribution in [3.05, 3.63) is 379 Å². The molecule has 0 bridgehead atoms. The van der Waals surface area contributed by atoms with Crippen LogP contribution in [0.3, 0.4) is 0 Å². The van der Waals surface area contributed by atoms with Crippen LogP contribution in [0.4, 0.5) is 17.6 Å². The quantitative estimate of drug-likeness (QED) is 0.0279. The SMILES string of the molecule is CCCCCc1ccc(-c2ccc(CCc3ccc(CCC)cc3F)cc2)cc1.CCCCc1ccc(-c2ccc(CCc3ccc(CCC)cc3F)cc2)cc1.CCCc1ccc(-c2ccc(CCc3ccc(CCC)cc3F)cc2)cc1.CCCc1ccc(CCc2ccc(-c3ccc(CC)cc3)cc2)c(F)c1. The lowest BCUT2D eigenvalue weighted by Crippen LogP contribution is -1.96. The summed E-state index contributed by atoms with van der Waals surface area (Å²) >= 11 is 0. The summed E-state index contributed by atoms with van der Waals surface area (Å²) in [6.07, 6.45) is 26.4. The molecule has 0 heterocycles. The highest BCUT2D eigenvalue weighted by molar-refractivity contribution is 5.67. The smallest absolute Gasteiger partial charge is 0.126 e. The number of unbranched alkanes of at least 4 members (excludes halogenated alkanes) is 3. The minimum absolute atomic E-state index is 0.0633. The Labute approximate surface area is 659 Å². The molecular formula is C106H120F4. The third-order valence-electron chi connectivity index (χ3n) is 21.2. The summed E-state index contributed by atoms with van der Waals surface area (Å²) in [5.41, 5.74) is 28.1. The van der Waals surface area contributed by atoms with Crippen LogP contribution in [0, 0.1) is 23.3 Å².